The molecule has 4 nitrogen and oxygen atoms in total. The van der Waals surface area contributed by atoms with Crippen LogP contribution in [-0.4, -0.2) is 18.9 Å². The van der Waals surface area contributed by atoms with E-state index in [0.717, 1.165) is 0 Å². The zero-order valence-corrected chi connectivity index (χ0v) is 12.1. The summed E-state index contributed by atoms with van der Waals surface area (Å²) in [5.41, 5.74) is 1.64. The first kappa shape index (κ1) is 13.5. The first-order valence-electron chi connectivity index (χ1n) is 5.33. The molecule has 0 aliphatic heterocycles. The summed E-state index contributed by atoms with van der Waals surface area (Å²) in [6.45, 7) is 0. The van der Waals surface area contributed by atoms with Crippen molar-refractivity contribution in [2.24, 2.45) is 0 Å². The molecular weight excluding hydrogens is 357 g/mol. The van der Waals surface area contributed by atoms with Crippen LogP contribution in [0, 0.1) is 11.3 Å². The van der Waals surface area contributed by atoms with Crippen molar-refractivity contribution in [1.82, 2.24) is 0 Å². The third-order valence-corrected chi connectivity index (χ3v) is 3.44. The van der Waals surface area contributed by atoms with Crippen LogP contribution in [0.15, 0.2) is 39.5 Å². The zero-order chi connectivity index (χ0) is 14.0. The number of nitriles is 1. The highest BCUT2D eigenvalue weighted by atomic mass is 127. The Morgan fingerprint density at radius 1 is 1.37 bits per heavy atom. The van der Waals surface area contributed by atoms with Crippen molar-refractivity contribution in [3.05, 3.63) is 50.6 Å². The largest absolute Gasteiger partial charge is 0.465 e. The lowest BCUT2D eigenvalue weighted by atomic mass is 10.0. The van der Waals surface area contributed by atoms with Crippen LogP contribution in [0.4, 0.5) is 0 Å². The van der Waals surface area contributed by atoms with Gasteiger partial charge < -0.3 is 4.74 Å². The highest BCUT2D eigenvalue weighted by Crippen LogP contribution is 2.39. The molecule has 0 amide bonds. The lowest BCUT2D eigenvalue weighted by molar-refractivity contribution is -0.135. The van der Waals surface area contributed by atoms with Crippen molar-refractivity contribution in [1.29, 1.82) is 5.26 Å². The molecule has 0 spiro atoms. The van der Waals surface area contributed by atoms with Crippen molar-refractivity contribution in [3.63, 3.8) is 0 Å². The number of Topliss-reactive ketones (excluding diaryl/α,β-unsaturated/α-hetero) is 1. The maximum absolute atomic E-state index is 12.2. The smallest absolute Gasteiger partial charge is 0.349 e. The van der Waals surface area contributed by atoms with Gasteiger partial charge in [-0.25, -0.2) is 4.79 Å². The van der Waals surface area contributed by atoms with Crippen LogP contribution < -0.4 is 0 Å². The van der Waals surface area contributed by atoms with Crippen LogP contribution in [-0.2, 0) is 9.53 Å². The minimum absolute atomic E-state index is 0.149. The van der Waals surface area contributed by atoms with Crippen LogP contribution in [0.1, 0.15) is 15.9 Å². The van der Waals surface area contributed by atoms with Gasteiger partial charge in [0, 0.05) is 16.7 Å². The van der Waals surface area contributed by atoms with Gasteiger partial charge in [0.1, 0.15) is 11.6 Å². The van der Waals surface area contributed by atoms with Crippen molar-refractivity contribution in [2.75, 3.05) is 7.11 Å². The molecule has 0 saturated carbocycles. The fourth-order valence-electron chi connectivity index (χ4n) is 1.98. The van der Waals surface area contributed by atoms with Gasteiger partial charge >= 0.3 is 5.97 Å². The number of methoxy groups -OCH3 is 1. The lowest BCUT2D eigenvalue weighted by Gasteiger charge is -2.04. The second-order valence-corrected chi connectivity index (χ2v) is 4.37. The van der Waals surface area contributed by atoms with Crippen molar-refractivity contribution in [2.45, 2.75) is 0 Å². The normalized spacial score (nSPS) is 17.9. The van der Waals surface area contributed by atoms with E-state index in [0.29, 0.717) is 22.3 Å². The highest BCUT2D eigenvalue weighted by molar-refractivity contribution is 14.1. The minimum Gasteiger partial charge on any atom is -0.465 e. The van der Waals surface area contributed by atoms with Gasteiger partial charge in [0.05, 0.1) is 7.11 Å². The van der Waals surface area contributed by atoms with Gasteiger partial charge in [-0.1, -0.05) is 46.9 Å². The number of allylic oxidation sites excluding steroid dienone is 2. The van der Waals surface area contributed by atoms with Gasteiger partial charge in [0.25, 0.3) is 0 Å². The molecule has 1 aromatic carbocycles. The van der Waals surface area contributed by atoms with E-state index in [9.17, 15) is 9.59 Å². The predicted octanol–water partition coefficient (Wildman–Crippen LogP) is 2.65. The number of carbonyl (C=O) groups excluding carboxylic acids is 2. The summed E-state index contributed by atoms with van der Waals surface area (Å²) in [6.07, 6.45) is 0. The average molecular weight is 365 g/mol. The number of fused-ring (bicyclic) bond motifs is 1. The summed E-state index contributed by atoms with van der Waals surface area (Å²) < 4.78 is 6.18. The number of esters is 1. The number of rotatable bonds is 1. The van der Waals surface area contributed by atoms with E-state index >= 15 is 0 Å². The van der Waals surface area contributed by atoms with E-state index in [1.165, 1.54) is 7.11 Å². The first-order chi connectivity index (χ1) is 9.15. The number of halogens is 1. The summed E-state index contributed by atoms with van der Waals surface area (Å²) in [5, 5.41) is 9.16. The second kappa shape index (κ2) is 5.36. The van der Waals surface area contributed by atoms with E-state index in [4.69, 9.17) is 5.26 Å². The van der Waals surface area contributed by atoms with Gasteiger partial charge in [0.2, 0.25) is 0 Å². The number of carbonyl (C=O) groups is 2. The van der Waals surface area contributed by atoms with Crippen molar-refractivity contribution in [3.8, 4) is 6.07 Å². The Balaban J connectivity index is 2.82. The van der Waals surface area contributed by atoms with E-state index < -0.39 is 5.97 Å². The van der Waals surface area contributed by atoms with Gasteiger partial charge in [-0.15, -0.1) is 0 Å². The highest BCUT2D eigenvalue weighted by Gasteiger charge is 2.33. The monoisotopic (exact) mass is 365 g/mol. The molecule has 0 atom stereocenters. The molecule has 5 heteroatoms. The molecular formula is C14H8INO3. The molecule has 0 N–H and O–H groups in total. The Labute approximate surface area is 123 Å². The number of benzene rings is 1. The zero-order valence-electron chi connectivity index (χ0n) is 9.94. The molecule has 1 aromatic rings. The van der Waals surface area contributed by atoms with Gasteiger partial charge in [-0.05, 0) is 9.65 Å². The molecule has 0 aromatic heterocycles. The van der Waals surface area contributed by atoms with Gasteiger partial charge in [0.15, 0.2) is 5.78 Å². The fraction of sp³-hybridized carbons (Fsp3) is 0.0714. The number of ether oxygens (including phenoxy) is 1. The fourth-order valence-corrected chi connectivity index (χ4v) is 2.58. The molecule has 1 aliphatic rings. The summed E-state index contributed by atoms with van der Waals surface area (Å²) >= 11 is 1.92. The molecule has 0 saturated heterocycles. The molecule has 0 heterocycles. The molecule has 0 bridgehead atoms. The SMILES string of the molecule is COC(=O)C(C#N)=C1/C(=C/I)C(=O)c2ccccc21. The Hall–Kier alpha value is -1.94. The summed E-state index contributed by atoms with van der Waals surface area (Å²) in [5.74, 6) is -0.922. The Morgan fingerprint density at radius 2 is 2.00 bits per heavy atom. The van der Waals surface area contributed by atoms with Crippen molar-refractivity contribution < 1.29 is 14.3 Å². The van der Waals surface area contributed by atoms with E-state index in [1.54, 1.807) is 28.3 Å². The average Bonchev–Trinajstić information content (AvgIpc) is 2.73. The topological polar surface area (TPSA) is 67.2 Å². The molecule has 2 rings (SSSR count). The van der Waals surface area contributed by atoms with Crippen LogP contribution in [0.2, 0.25) is 0 Å². The number of hydrogen-bond acceptors (Lipinski definition) is 4. The van der Waals surface area contributed by atoms with Gasteiger partial charge in [-0.3, -0.25) is 4.79 Å². The quantitative estimate of drug-likeness (QED) is 0.332. The maximum Gasteiger partial charge on any atom is 0.349 e. The Bertz CT molecular complexity index is 680. The predicted molar refractivity (Wildman–Crippen MR) is 77.4 cm³/mol. The number of ketones is 1. The van der Waals surface area contributed by atoms with Crippen LogP contribution in [0.5, 0.6) is 0 Å². The van der Waals surface area contributed by atoms with Crippen LogP contribution in [0.3, 0.4) is 0 Å². The first-order valence-corrected chi connectivity index (χ1v) is 6.57. The molecule has 1 aliphatic carbocycles. The van der Waals surface area contributed by atoms with E-state index in [-0.39, 0.29) is 11.4 Å². The number of nitrogens with zero attached hydrogens (tertiary/aromatic N) is 1. The van der Waals surface area contributed by atoms with Crippen LogP contribution in [0.25, 0.3) is 5.57 Å². The maximum atomic E-state index is 12.2. The summed E-state index contributed by atoms with van der Waals surface area (Å²) in [4.78, 5) is 23.9. The molecule has 0 radical (unpaired) electrons. The Morgan fingerprint density at radius 3 is 2.53 bits per heavy atom. The number of hydrogen-bond donors (Lipinski definition) is 0. The Kier molecular flexibility index (Phi) is 3.81. The van der Waals surface area contributed by atoms with E-state index in [1.807, 2.05) is 28.7 Å². The third kappa shape index (κ3) is 2.08. The van der Waals surface area contributed by atoms with E-state index in [2.05, 4.69) is 4.74 Å². The third-order valence-electron chi connectivity index (χ3n) is 2.82. The minimum atomic E-state index is -0.738. The summed E-state index contributed by atoms with van der Waals surface area (Å²) in [6, 6.07) is 8.73. The molecule has 19 heavy (non-hydrogen) atoms. The van der Waals surface area contributed by atoms with Crippen molar-refractivity contribution >= 4 is 39.9 Å². The lowest BCUT2D eigenvalue weighted by Crippen LogP contribution is -2.06. The molecule has 94 valence electrons. The second-order valence-electron chi connectivity index (χ2n) is 3.75. The van der Waals surface area contributed by atoms with Gasteiger partial charge in [-0.2, -0.15) is 5.26 Å². The molecule has 0 unspecified atom stereocenters. The standard InChI is InChI=1S/C14H8INO3/c1-19-14(18)11(7-16)12-8-4-2-3-5-9(8)13(17)10(12)6-15/h2-6H,1H3/b10-6-,12-11?. The molecule has 0 fully saturated rings. The summed E-state index contributed by atoms with van der Waals surface area (Å²) in [7, 11) is 1.20. The van der Waals surface area contributed by atoms with Crippen LogP contribution >= 0.6 is 22.6 Å².